The average molecular weight is 305 g/mol. The van der Waals surface area contributed by atoms with Crippen LogP contribution < -0.4 is 15.8 Å². The number of amidine groups is 1. The second-order valence-electron chi connectivity index (χ2n) is 4.42. The Bertz CT molecular complexity index is 490. The van der Waals surface area contributed by atoms with E-state index in [0.29, 0.717) is 17.9 Å². The second kappa shape index (κ2) is 7.72. The van der Waals surface area contributed by atoms with Crippen LogP contribution in [0, 0.1) is 0 Å². The van der Waals surface area contributed by atoms with Crippen LogP contribution in [-0.4, -0.2) is 30.9 Å². The lowest BCUT2D eigenvalue weighted by Crippen LogP contribution is -2.18. The van der Waals surface area contributed by atoms with Crippen molar-refractivity contribution in [3.63, 3.8) is 0 Å². The summed E-state index contributed by atoms with van der Waals surface area (Å²) >= 11 is 0. The lowest BCUT2D eigenvalue weighted by molar-refractivity contribution is -0.135. The van der Waals surface area contributed by atoms with E-state index >= 15 is 0 Å². The summed E-state index contributed by atoms with van der Waals surface area (Å²) in [5, 5.41) is 14.5. The standard InChI is InChI=1S/C13H18F3N3O2/c1-21-11-7-9(3-4-10(11)12(17)19-20)8-18-6-2-5-13(14,15)16/h3-4,7,18,20H,2,5-6,8H2,1H3,(H2,17,19). The molecule has 5 nitrogen and oxygen atoms in total. The van der Waals surface area contributed by atoms with Gasteiger partial charge in [-0.1, -0.05) is 11.2 Å². The quantitative estimate of drug-likeness (QED) is 0.237. The normalized spacial score (nSPS) is 12.5. The molecule has 0 aliphatic rings. The number of ether oxygens (including phenoxy) is 1. The Morgan fingerprint density at radius 2 is 2.14 bits per heavy atom. The van der Waals surface area contributed by atoms with E-state index in [0.717, 1.165) is 5.56 Å². The molecule has 1 rings (SSSR count). The molecular formula is C13H18F3N3O2. The summed E-state index contributed by atoms with van der Waals surface area (Å²) in [5.41, 5.74) is 6.77. The van der Waals surface area contributed by atoms with Gasteiger partial charge in [0.1, 0.15) is 5.75 Å². The number of nitrogens with one attached hydrogen (secondary N) is 1. The van der Waals surface area contributed by atoms with Crippen LogP contribution in [0.15, 0.2) is 23.4 Å². The first kappa shape index (κ1) is 17.1. The van der Waals surface area contributed by atoms with Crippen LogP contribution in [0.2, 0.25) is 0 Å². The largest absolute Gasteiger partial charge is 0.496 e. The molecule has 0 amide bonds. The van der Waals surface area contributed by atoms with E-state index in [-0.39, 0.29) is 18.8 Å². The Hall–Kier alpha value is -1.96. The lowest BCUT2D eigenvalue weighted by Gasteiger charge is -2.11. The number of oxime groups is 1. The molecule has 8 heteroatoms. The third-order valence-electron chi connectivity index (χ3n) is 2.79. The van der Waals surface area contributed by atoms with Gasteiger partial charge in [-0.3, -0.25) is 0 Å². The van der Waals surface area contributed by atoms with Gasteiger partial charge >= 0.3 is 6.18 Å². The highest BCUT2D eigenvalue weighted by molar-refractivity contribution is 5.99. The zero-order valence-corrected chi connectivity index (χ0v) is 11.6. The maximum Gasteiger partial charge on any atom is 0.389 e. The van der Waals surface area contributed by atoms with E-state index in [1.165, 1.54) is 7.11 Å². The first-order chi connectivity index (χ1) is 9.87. The van der Waals surface area contributed by atoms with Crippen molar-refractivity contribution in [2.45, 2.75) is 25.6 Å². The summed E-state index contributed by atoms with van der Waals surface area (Å²) in [7, 11) is 1.45. The Kier molecular flexibility index (Phi) is 6.29. The Morgan fingerprint density at radius 1 is 1.43 bits per heavy atom. The predicted octanol–water partition coefficient (Wildman–Crippen LogP) is 2.22. The van der Waals surface area contributed by atoms with Gasteiger partial charge in [-0.15, -0.1) is 0 Å². The number of rotatable bonds is 7. The molecule has 0 radical (unpaired) electrons. The van der Waals surface area contributed by atoms with Crippen LogP contribution >= 0.6 is 0 Å². The fraction of sp³-hybridized carbons (Fsp3) is 0.462. The molecule has 0 bridgehead atoms. The van der Waals surface area contributed by atoms with Gasteiger partial charge in [-0.05, 0) is 30.7 Å². The van der Waals surface area contributed by atoms with Crippen molar-refractivity contribution in [3.05, 3.63) is 29.3 Å². The number of methoxy groups -OCH3 is 1. The Morgan fingerprint density at radius 3 is 2.71 bits per heavy atom. The van der Waals surface area contributed by atoms with Gasteiger partial charge in [0, 0.05) is 13.0 Å². The van der Waals surface area contributed by atoms with Crippen LogP contribution in [0.5, 0.6) is 5.75 Å². The molecule has 0 aliphatic carbocycles. The van der Waals surface area contributed by atoms with Crippen LogP contribution in [0.3, 0.4) is 0 Å². The molecule has 21 heavy (non-hydrogen) atoms. The summed E-state index contributed by atoms with van der Waals surface area (Å²) in [6, 6.07) is 5.04. The second-order valence-corrected chi connectivity index (χ2v) is 4.42. The molecule has 0 fully saturated rings. The molecule has 4 N–H and O–H groups in total. The maximum absolute atomic E-state index is 12.0. The zero-order chi connectivity index (χ0) is 15.9. The van der Waals surface area contributed by atoms with E-state index in [4.69, 9.17) is 15.7 Å². The first-order valence-electron chi connectivity index (χ1n) is 6.29. The highest BCUT2D eigenvalue weighted by Gasteiger charge is 2.25. The van der Waals surface area contributed by atoms with Crippen molar-refractivity contribution in [1.29, 1.82) is 0 Å². The number of benzene rings is 1. The summed E-state index contributed by atoms with van der Waals surface area (Å²) in [5.74, 6) is 0.358. The predicted molar refractivity (Wildman–Crippen MR) is 72.5 cm³/mol. The Labute approximate surface area is 120 Å². The molecule has 0 unspecified atom stereocenters. The topological polar surface area (TPSA) is 79.9 Å². The number of hydrogen-bond acceptors (Lipinski definition) is 4. The van der Waals surface area contributed by atoms with Crippen molar-refractivity contribution >= 4 is 5.84 Å². The van der Waals surface area contributed by atoms with Crippen molar-refractivity contribution in [3.8, 4) is 5.75 Å². The highest BCUT2D eigenvalue weighted by Crippen LogP contribution is 2.21. The summed E-state index contributed by atoms with van der Waals surface area (Å²) in [6.07, 6.45) is -4.89. The molecule has 0 aliphatic heterocycles. The number of alkyl halides is 3. The van der Waals surface area contributed by atoms with E-state index in [1.54, 1.807) is 18.2 Å². The molecule has 0 atom stereocenters. The van der Waals surface area contributed by atoms with Gasteiger partial charge in [0.15, 0.2) is 5.84 Å². The van der Waals surface area contributed by atoms with Crippen molar-refractivity contribution in [2.75, 3.05) is 13.7 Å². The van der Waals surface area contributed by atoms with Gasteiger partial charge in [0.2, 0.25) is 0 Å². The minimum absolute atomic E-state index is 0.0306. The monoisotopic (exact) mass is 305 g/mol. The van der Waals surface area contributed by atoms with Crippen molar-refractivity contribution < 1.29 is 23.1 Å². The van der Waals surface area contributed by atoms with Crippen LogP contribution in [0.1, 0.15) is 24.0 Å². The fourth-order valence-electron chi connectivity index (χ4n) is 1.76. The number of halogens is 3. The molecule has 0 spiro atoms. The smallest absolute Gasteiger partial charge is 0.389 e. The van der Waals surface area contributed by atoms with E-state index < -0.39 is 12.6 Å². The van der Waals surface area contributed by atoms with E-state index in [2.05, 4.69) is 10.5 Å². The summed E-state index contributed by atoms with van der Waals surface area (Å²) in [4.78, 5) is 0. The molecule has 0 heterocycles. The molecule has 1 aromatic rings. The molecule has 0 saturated heterocycles. The molecular weight excluding hydrogens is 287 g/mol. The fourth-order valence-corrected chi connectivity index (χ4v) is 1.76. The highest BCUT2D eigenvalue weighted by atomic mass is 19.4. The van der Waals surface area contributed by atoms with Crippen LogP contribution in [-0.2, 0) is 6.54 Å². The average Bonchev–Trinajstić information content (AvgIpc) is 2.44. The van der Waals surface area contributed by atoms with Crippen LogP contribution in [0.25, 0.3) is 0 Å². The minimum atomic E-state index is -4.12. The SMILES string of the molecule is COc1cc(CNCCCC(F)(F)F)ccc1/C(N)=N/O. The molecule has 1 aromatic carbocycles. The first-order valence-corrected chi connectivity index (χ1v) is 6.29. The summed E-state index contributed by atoms with van der Waals surface area (Å²) in [6.45, 7) is 0.675. The zero-order valence-electron chi connectivity index (χ0n) is 11.6. The van der Waals surface area contributed by atoms with Gasteiger partial charge in [-0.25, -0.2) is 0 Å². The van der Waals surface area contributed by atoms with Gasteiger partial charge in [-0.2, -0.15) is 13.2 Å². The number of nitrogens with two attached hydrogens (primary N) is 1. The third kappa shape index (κ3) is 5.90. The van der Waals surface area contributed by atoms with Gasteiger partial charge in [0.05, 0.1) is 12.7 Å². The lowest BCUT2D eigenvalue weighted by atomic mass is 10.1. The van der Waals surface area contributed by atoms with Crippen LogP contribution in [0.4, 0.5) is 13.2 Å². The van der Waals surface area contributed by atoms with Crippen molar-refractivity contribution in [2.24, 2.45) is 10.9 Å². The molecule has 118 valence electrons. The maximum atomic E-state index is 12.0. The molecule has 0 aromatic heterocycles. The third-order valence-corrected chi connectivity index (χ3v) is 2.79. The number of hydrogen-bond donors (Lipinski definition) is 3. The Balaban J connectivity index is 2.53. The van der Waals surface area contributed by atoms with E-state index in [9.17, 15) is 13.2 Å². The summed E-state index contributed by atoms with van der Waals surface area (Å²) < 4.78 is 41.0. The minimum Gasteiger partial charge on any atom is -0.496 e. The van der Waals surface area contributed by atoms with E-state index in [1.807, 2.05) is 0 Å². The number of nitrogens with zero attached hydrogens (tertiary/aromatic N) is 1. The van der Waals surface area contributed by atoms with Crippen molar-refractivity contribution in [1.82, 2.24) is 5.32 Å². The van der Waals surface area contributed by atoms with Gasteiger partial charge in [0.25, 0.3) is 0 Å². The van der Waals surface area contributed by atoms with Gasteiger partial charge < -0.3 is 21.0 Å². The molecule has 0 saturated carbocycles.